The van der Waals surface area contributed by atoms with Crippen LogP contribution >= 0.6 is 11.6 Å². The highest BCUT2D eigenvalue weighted by atomic mass is 35.5. The minimum atomic E-state index is -0.551. The van der Waals surface area contributed by atoms with Crippen LogP contribution in [0.2, 0.25) is 0 Å². The number of carbonyl (C=O) groups is 2. The van der Waals surface area contributed by atoms with E-state index in [1.54, 1.807) is 6.92 Å². The summed E-state index contributed by atoms with van der Waals surface area (Å²) in [5.74, 6) is 0.0833. The highest BCUT2D eigenvalue weighted by Crippen LogP contribution is 2.28. The van der Waals surface area contributed by atoms with Crippen LogP contribution in [0.15, 0.2) is 0 Å². The van der Waals surface area contributed by atoms with Crippen LogP contribution < -0.4 is 5.32 Å². The molecule has 0 aromatic carbocycles. The predicted molar refractivity (Wildman–Crippen MR) is 41.2 cm³/mol. The van der Waals surface area contributed by atoms with Crippen molar-refractivity contribution >= 4 is 22.8 Å². The van der Waals surface area contributed by atoms with Crippen LogP contribution in [0.3, 0.4) is 0 Å². The molecule has 0 heterocycles. The lowest BCUT2D eigenvalue weighted by Gasteiger charge is -2.07. The summed E-state index contributed by atoms with van der Waals surface area (Å²) >= 11 is 5.14. The van der Waals surface area contributed by atoms with Gasteiger partial charge in [-0.25, -0.2) is 0 Å². The van der Waals surface area contributed by atoms with E-state index in [0.717, 1.165) is 12.8 Å². The first-order chi connectivity index (χ1) is 5.11. The molecule has 1 rings (SSSR count). The summed E-state index contributed by atoms with van der Waals surface area (Å²) in [6.45, 7) is 1.58. The predicted octanol–water partition coefficient (Wildman–Crippen LogP) is 0.667. The molecule has 1 saturated carbocycles. The van der Waals surface area contributed by atoms with E-state index in [1.165, 1.54) is 0 Å². The number of amides is 1. The molecular weight excluding hydrogens is 166 g/mol. The molecule has 0 aliphatic heterocycles. The maximum atomic E-state index is 11.0. The van der Waals surface area contributed by atoms with E-state index >= 15 is 0 Å². The fraction of sp³-hybridized carbons (Fsp3) is 0.714. The van der Waals surface area contributed by atoms with Gasteiger partial charge in [0.15, 0.2) is 0 Å². The van der Waals surface area contributed by atoms with Crippen molar-refractivity contribution in [2.75, 3.05) is 0 Å². The molecule has 1 aliphatic rings. The number of hydrogen-bond donors (Lipinski definition) is 1. The third-order valence-electron chi connectivity index (χ3n) is 1.65. The Bertz CT molecular complexity index is 189. The van der Waals surface area contributed by atoms with Crippen LogP contribution in [0.4, 0.5) is 0 Å². The lowest BCUT2D eigenvalue weighted by atomic mass is 10.3. The smallest absolute Gasteiger partial charge is 0.243 e. The van der Waals surface area contributed by atoms with E-state index in [2.05, 4.69) is 5.32 Å². The Labute approximate surface area is 70.1 Å². The van der Waals surface area contributed by atoms with Gasteiger partial charge in [-0.1, -0.05) is 0 Å². The fourth-order valence-corrected chi connectivity index (χ4v) is 0.788. The van der Waals surface area contributed by atoms with Crippen LogP contribution in [-0.4, -0.2) is 17.2 Å². The van der Waals surface area contributed by atoms with Crippen molar-refractivity contribution in [2.45, 2.75) is 25.8 Å². The molecule has 1 aliphatic carbocycles. The summed E-state index contributed by atoms with van der Waals surface area (Å²) in [5, 5.41) is 2.01. The van der Waals surface area contributed by atoms with Gasteiger partial charge in [-0.2, -0.15) is 0 Å². The van der Waals surface area contributed by atoms with Crippen molar-refractivity contribution < 1.29 is 9.59 Å². The topological polar surface area (TPSA) is 46.2 Å². The molecule has 1 fully saturated rings. The highest BCUT2D eigenvalue weighted by molar-refractivity contribution is 6.64. The molecule has 0 radical (unpaired) electrons. The highest BCUT2D eigenvalue weighted by Gasteiger charge is 2.30. The molecule has 11 heavy (non-hydrogen) atoms. The molecule has 1 atom stereocenters. The Kier molecular flexibility index (Phi) is 2.49. The molecule has 0 saturated heterocycles. The van der Waals surface area contributed by atoms with E-state index < -0.39 is 11.3 Å². The Hall–Kier alpha value is -0.570. The molecule has 3 nitrogen and oxygen atoms in total. The SMILES string of the molecule is CC(NC(=O)C1CC1)C(=O)Cl. The van der Waals surface area contributed by atoms with Crippen LogP contribution in [0.25, 0.3) is 0 Å². The first-order valence-electron chi connectivity index (χ1n) is 3.61. The summed E-state index contributed by atoms with van der Waals surface area (Å²) in [5.41, 5.74) is 0. The number of hydrogen-bond acceptors (Lipinski definition) is 2. The first kappa shape index (κ1) is 8.53. The zero-order valence-electron chi connectivity index (χ0n) is 6.26. The van der Waals surface area contributed by atoms with Gasteiger partial charge in [0.1, 0.15) is 6.04 Å². The van der Waals surface area contributed by atoms with Gasteiger partial charge in [0.25, 0.3) is 0 Å². The second-order valence-corrected chi connectivity index (χ2v) is 3.18. The Morgan fingerprint density at radius 2 is 2.09 bits per heavy atom. The molecule has 4 heteroatoms. The van der Waals surface area contributed by atoms with Crippen LogP contribution in [0.5, 0.6) is 0 Å². The lowest BCUT2D eigenvalue weighted by molar-refractivity contribution is -0.125. The second kappa shape index (κ2) is 3.22. The van der Waals surface area contributed by atoms with E-state index in [0.29, 0.717) is 0 Å². The monoisotopic (exact) mass is 175 g/mol. The summed E-state index contributed by atoms with van der Waals surface area (Å²) in [6, 6.07) is -0.551. The van der Waals surface area contributed by atoms with Crippen molar-refractivity contribution in [1.82, 2.24) is 5.32 Å². The van der Waals surface area contributed by atoms with Crippen molar-refractivity contribution in [3.8, 4) is 0 Å². The van der Waals surface area contributed by atoms with Gasteiger partial charge in [-0.3, -0.25) is 9.59 Å². The van der Waals surface area contributed by atoms with Gasteiger partial charge < -0.3 is 5.32 Å². The molecule has 62 valence electrons. The second-order valence-electron chi connectivity index (χ2n) is 2.81. The van der Waals surface area contributed by atoms with E-state index in [1.807, 2.05) is 0 Å². The summed E-state index contributed by atoms with van der Waals surface area (Å²) in [7, 11) is 0. The molecule has 0 aromatic heterocycles. The molecule has 1 amide bonds. The molecule has 1 unspecified atom stereocenters. The van der Waals surface area contributed by atoms with Gasteiger partial charge in [-0.05, 0) is 31.4 Å². The summed E-state index contributed by atoms with van der Waals surface area (Å²) in [6.07, 6.45) is 1.88. The molecular formula is C7H10ClNO2. The standard InChI is InChI=1S/C7H10ClNO2/c1-4(6(8)10)9-7(11)5-2-3-5/h4-5H,2-3H2,1H3,(H,9,11). The average Bonchev–Trinajstić information content (AvgIpc) is 2.67. The van der Waals surface area contributed by atoms with Crippen molar-refractivity contribution in [1.29, 1.82) is 0 Å². The van der Waals surface area contributed by atoms with Crippen molar-refractivity contribution in [3.63, 3.8) is 0 Å². The van der Waals surface area contributed by atoms with Crippen molar-refractivity contribution in [3.05, 3.63) is 0 Å². The maximum Gasteiger partial charge on any atom is 0.243 e. The normalized spacial score (nSPS) is 19.1. The Morgan fingerprint density at radius 1 is 1.55 bits per heavy atom. The number of carbonyl (C=O) groups excluding carboxylic acids is 2. The number of halogens is 1. The van der Waals surface area contributed by atoms with Crippen LogP contribution in [0.1, 0.15) is 19.8 Å². The van der Waals surface area contributed by atoms with Crippen LogP contribution in [0, 0.1) is 5.92 Å². The fourth-order valence-electron chi connectivity index (χ4n) is 0.734. The average molecular weight is 176 g/mol. The van der Waals surface area contributed by atoms with E-state index in [9.17, 15) is 9.59 Å². The quantitative estimate of drug-likeness (QED) is 0.641. The molecule has 0 spiro atoms. The zero-order valence-corrected chi connectivity index (χ0v) is 7.02. The number of nitrogens with one attached hydrogen (secondary N) is 1. The Morgan fingerprint density at radius 3 is 2.45 bits per heavy atom. The van der Waals surface area contributed by atoms with Gasteiger partial charge in [0.2, 0.25) is 11.1 Å². The van der Waals surface area contributed by atoms with Gasteiger partial charge in [0, 0.05) is 5.92 Å². The lowest BCUT2D eigenvalue weighted by Crippen LogP contribution is -2.37. The summed E-state index contributed by atoms with van der Waals surface area (Å²) in [4.78, 5) is 21.5. The third-order valence-corrected chi connectivity index (χ3v) is 1.97. The van der Waals surface area contributed by atoms with Gasteiger partial charge in [0.05, 0.1) is 0 Å². The van der Waals surface area contributed by atoms with E-state index in [-0.39, 0.29) is 11.8 Å². The Balaban J connectivity index is 2.28. The van der Waals surface area contributed by atoms with Crippen LogP contribution in [-0.2, 0) is 9.59 Å². The minimum absolute atomic E-state index is 0.0495. The van der Waals surface area contributed by atoms with Gasteiger partial charge >= 0.3 is 0 Å². The molecule has 0 aromatic rings. The molecule has 1 N–H and O–H groups in total. The zero-order chi connectivity index (χ0) is 8.43. The first-order valence-corrected chi connectivity index (χ1v) is 3.99. The largest absolute Gasteiger partial charge is 0.345 e. The third kappa shape index (κ3) is 2.50. The number of rotatable bonds is 3. The van der Waals surface area contributed by atoms with Gasteiger partial charge in [-0.15, -0.1) is 0 Å². The molecule has 0 bridgehead atoms. The van der Waals surface area contributed by atoms with E-state index in [4.69, 9.17) is 11.6 Å². The maximum absolute atomic E-state index is 11.0. The summed E-state index contributed by atoms with van der Waals surface area (Å²) < 4.78 is 0. The van der Waals surface area contributed by atoms with Crippen molar-refractivity contribution in [2.24, 2.45) is 5.92 Å². The minimum Gasteiger partial charge on any atom is -0.345 e.